The Hall–Kier alpha value is -0.500. The van der Waals surface area contributed by atoms with E-state index < -0.39 is 10.0 Å². The molecule has 0 aromatic carbocycles. The maximum Gasteiger partial charge on any atom is 0.254 e. The van der Waals surface area contributed by atoms with Gasteiger partial charge in [-0.2, -0.15) is 4.31 Å². The molecule has 0 amide bonds. The van der Waals surface area contributed by atoms with E-state index in [2.05, 4.69) is 4.98 Å². The van der Waals surface area contributed by atoms with Crippen LogP contribution in [0, 0.1) is 6.92 Å². The van der Waals surface area contributed by atoms with E-state index in [1.54, 1.807) is 6.92 Å². The van der Waals surface area contributed by atoms with E-state index in [-0.39, 0.29) is 6.04 Å². The van der Waals surface area contributed by atoms with Crippen molar-refractivity contribution in [3.05, 3.63) is 11.2 Å². The van der Waals surface area contributed by atoms with Crippen LogP contribution < -0.4 is 5.73 Å². The normalized spacial score (nSPS) is 22.8. The predicted octanol–water partition coefficient (Wildman–Crippen LogP) is 0.563. The molecular formula is C9H15N3O2S2. The molecule has 1 aromatic heterocycles. The van der Waals surface area contributed by atoms with E-state index in [0.717, 1.165) is 17.8 Å². The van der Waals surface area contributed by atoms with Gasteiger partial charge in [0.05, 0.1) is 11.2 Å². The molecule has 5 nitrogen and oxygen atoms in total. The van der Waals surface area contributed by atoms with Crippen molar-refractivity contribution >= 4 is 21.4 Å². The highest BCUT2D eigenvalue weighted by Gasteiger charge is 2.35. The number of nitrogens with zero attached hydrogens (tertiary/aromatic N) is 2. The van der Waals surface area contributed by atoms with Gasteiger partial charge in [0.25, 0.3) is 10.0 Å². The number of hydrogen-bond donors (Lipinski definition) is 1. The molecule has 1 aromatic rings. The van der Waals surface area contributed by atoms with Gasteiger partial charge in [-0.3, -0.25) is 0 Å². The molecule has 0 aliphatic carbocycles. The van der Waals surface area contributed by atoms with Gasteiger partial charge in [0.1, 0.15) is 0 Å². The second kappa shape index (κ2) is 4.40. The zero-order valence-electron chi connectivity index (χ0n) is 9.09. The van der Waals surface area contributed by atoms with Crippen molar-refractivity contribution in [3.63, 3.8) is 0 Å². The highest BCUT2D eigenvalue weighted by atomic mass is 32.2. The van der Waals surface area contributed by atoms with Crippen LogP contribution in [0.5, 0.6) is 0 Å². The number of nitrogens with two attached hydrogens (primary N) is 1. The summed E-state index contributed by atoms with van der Waals surface area (Å²) < 4.78 is 26.4. The van der Waals surface area contributed by atoms with Gasteiger partial charge in [-0.25, -0.2) is 13.4 Å². The van der Waals surface area contributed by atoms with Crippen LogP contribution in [0.2, 0.25) is 0 Å². The molecule has 7 heteroatoms. The van der Waals surface area contributed by atoms with E-state index in [1.165, 1.54) is 21.8 Å². The van der Waals surface area contributed by atoms with Crippen LogP contribution in [-0.4, -0.2) is 36.8 Å². The predicted molar refractivity (Wildman–Crippen MR) is 62.8 cm³/mol. The van der Waals surface area contributed by atoms with Crippen LogP contribution in [0.15, 0.2) is 10.4 Å². The average molecular weight is 261 g/mol. The molecule has 0 saturated carbocycles. The zero-order valence-corrected chi connectivity index (χ0v) is 10.7. The summed E-state index contributed by atoms with van der Waals surface area (Å²) in [7, 11) is -3.37. The molecule has 1 fully saturated rings. The minimum absolute atomic E-state index is 0.0487. The molecule has 1 unspecified atom stereocenters. The molecule has 1 atom stereocenters. The molecular weight excluding hydrogens is 246 g/mol. The van der Waals surface area contributed by atoms with E-state index in [1.807, 2.05) is 0 Å². The van der Waals surface area contributed by atoms with E-state index in [0.29, 0.717) is 17.3 Å². The van der Waals surface area contributed by atoms with Crippen LogP contribution in [-0.2, 0) is 10.0 Å². The van der Waals surface area contributed by atoms with E-state index in [9.17, 15) is 8.42 Å². The first-order valence-electron chi connectivity index (χ1n) is 5.20. The summed E-state index contributed by atoms with van der Waals surface area (Å²) in [6, 6.07) is -0.0487. The monoisotopic (exact) mass is 261 g/mol. The number of aryl methyl sites for hydroxylation is 1. The van der Waals surface area contributed by atoms with Gasteiger partial charge in [0.15, 0.2) is 4.21 Å². The Labute approximate surface area is 99.3 Å². The molecule has 0 spiro atoms. The quantitative estimate of drug-likeness (QED) is 0.862. The summed E-state index contributed by atoms with van der Waals surface area (Å²) >= 11 is 1.21. The largest absolute Gasteiger partial charge is 0.329 e. The molecule has 1 aliphatic heterocycles. The number of aromatic nitrogens is 1. The third-order valence-corrected chi connectivity index (χ3v) is 6.06. The molecule has 0 bridgehead atoms. The zero-order chi connectivity index (χ0) is 11.8. The molecule has 2 rings (SSSR count). The lowest BCUT2D eigenvalue weighted by molar-refractivity contribution is 0.394. The van der Waals surface area contributed by atoms with Crippen LogP contribution in [0.1, 0.15) is 17.8 Å². The standard InChI is InChI=1S/C9H15N3O2S2/c1-7-11-6-9(15-7)16(13,14)12-4-2-3-8(12)5-10/h6,8H,2-5,10H2,1H3. The van der Waals surface area contributed by atoms with Crippen LogP contribution in [0.4, 0.5) is 0 Å². The Morgan fingerprint density at radius 2 is 2.44 bits per heavy atom. The smallest absolute Gasteiger partial charge is 0.254 e. The highest BCUT2D eigenvalue weighted by molar-refractivity contribution is 7.91. The third-order valence-electron chi connectivity index (χ3n) is 2.76. The number of rotatable bonds is 3. The van der Waals surface area contributed by atoms with Crippen LogP contribution in [0.3, 0.4) is 0 Å². The van der Waals surface area contributed by atoms with Gasteiger partial charge in [-0.1, -0.05) is 0 Å². The van der Waals surface area contributed by atoms with E-state index in [4.69, 9.17) is 5.73 Å². The Balaban J connectivity index is 2.32. The maximum absolute atomic E-state index is 12.3. The molecule has 1 saturated heterocycles. The Morgan fingerprint density at radius 1 is 1.69 bits per heavy atom. The van der Waals surface area contributed by atoms with Gasteiger partial charge in [0, 0.05) is 19.1 Å². The van der Waals surface area contributed by atoms with Gasteiger partial charge in [0.2, 0.25) is 0 Å². The summed E-state index contributed by atoms with van der Waals surface area (Å²) in [4.78, 5) is 3.99. The third kappa shape index (κ3) is 2.00. The summed E-state index contributed by atoms with van der Waals surface area (Å²) in [6.45, 7) is 2.76. The first-order chi connectivity index (χ1) is 7.55. The summed E-state index contributed by atoms with van der Waals surface area (Å²) in [5.41, 5.74) is 5.59. The van der Waals surface area contributed by atoms with Gasteiger partial charge >= 0.3 is 0 Å². The first-order valence-corrected chi connectivity index (χ1v) is 7.45. The van der Waals surface area contributed by atoms with Crippen LogP contribution >= 0.6 is 11.3 Å². The number of thiazole rings is 1. The SMILES string of the molecule is Cc1ncc(S(=O)(=O)N2CCCC2CN)s1. The summed E-state index contributed by atoms with van der Waals surface area (Å²) in [6.07, 6.45) is 3.17. The van der Waals surface area contributed by atoms with Crippen molar-refractivity contribution in [3.8, 4) is 0 Å². The van der Waals surface area contributed by atoms with E-state index >= 15 is 0 Å². The second-order valence-corrected chi connectivity index (χ2v) is 7.20. The average Bonchev–Trinajstić information content (AvgIpc) is 2.85. The Morgan fingerprint density at radius 3 is 3.00 bits per heavy atom. The van der Waals surface area contributed by atoms with Crippen molar-refractivity contribution < 1.29 is 8.42 Å². The van der Waals surface area contributed by atoms with Crippen molar-refractivity contribution in [1.29, 1.82) is 0 Å². The van der Waals surface area contributed by atoms with Gasteiger partial charge in [-0.05, 0) is 19.8 Å². The summed E-state index contributed by atoms with van der Waals surface area (Å²) in [5.74, 6) is 0. The van der Waals surface area contributed by atoms with Crippen molar-refractivity contribution in [2.45, 2.75) is 30.0 Å². The Bertz CT molecular complexity index is 469. The lowest BCUT2D eigenvalue weighted by Gasteiger charge is -2.21. The number of hydrogen-bond acceptors (Lipinski definition) is 5. The second-order valence-electron chi connectivity index (χ2n) is 3.85. The highest BCUT2D eigenvalue weighted by Crippen LogP contribution is 2.28. The van der Waals surface area contributed by atoms with Crippen molar-refractivity contribution in [2.24, 2.45) is 5.73 Å². The first kappa shape index (κ1) is 12.0. The molecule has 2 heterocycles. The van der Waals surface area contributed by atoms with Gasteiger partial charge < -0.3 is 5.73 Å². The van der Waals surface area contributed by atoms with Crippen LogP contribution in [0.25, 0.3) is 0 Å². The lowest BCUT2D eigenvalue weighted by atomic mass is 10.2. The van der Waals surface area contributed by atoms with Crippen molar-refractivity contribution in [1.82, 2.24) is 9.29 Å². The van der Waals surface area contributed by atoms with Gasteiger partial charge in [-0.15, -0.1) is 11.3 Å². The fraction of sp³-hybridized carbons (Fsp3) is 0.667. The van der Waals surface area contributed by atoms with Crippen molar-refractivity contribution in [2.75, 3.05) is 13.1 Å². The molecule has 1 aliphatic rings. The molecule has 2 N–H and O–H groups in total. The topological polar surface area (TPSA) is 76.3 Å². The summed E-state index contributed by atoms with van der Waals surface area (Å²) in [5, 5.41) is 0.766. The molecule has 16 heavy (non-hydrogen) atoms. The minimum Gasteiger partial charge on any atom is -0.329 e. The maximum atomic E-state index is 12.3. The Kier molecular flexibility index (Phi) is 3.29. The number of sulfonamides is 1. The fourth-order valence-corrected chi connectivity index (χ4v) is 4.88. The minimum atomic E-state index is -3.37. The lowest BCUT2D eigenvalue weighted by Crippen LogP contribution is -2.39. The molecule has 90 valence electrons. The molecule has 0 radical (unpaired) electrons. The fourth-order valence-electron chi connectivity index (χ4n) is 1.94.